The van der Waals surface area contributed by atoms with Crippen molar-refractivity contribution < 1.29 is 23.8 Å². The lowest BCUT2D eigenvalue weighted by molar-refractivity contribution is -0.131. The summed E-state index contributed by atoms with van der Waals surface area (Å²) in [6, 6.07) is 13.0. The quantitative estimate of drug-likeness (QED) is 0.615. The van der Waals surface area contributed by atoms with E-state index in [2.05, 4.69) is 17.6 Å². The highest BCUT2D eigenvalue weighted by molar-refractivity contribution is 6.08. The first kappa shape index (κ1) is 23.1. The number of aryl methyl sites for hydroxylation is 1. The zero-order valence-electron chi connectivity index (χ0n) is 19.7. The maximum Gasteiger partial charge on any atom is 0.322 e. The Morgan fingerprint density at radius 3 is 2.24 bits per heavy atom. The number of methoxy groups -OCH3 is 2. The molecule has 2 N–H and O–H groups in total. The van der Waals surface area contributed by atoms with Crippen molar-refractivity contribution in [3.63, 3.8) is 0 Å². The minimum Gasteiger partial charge on any atom is -0.497 e. The van der Waals surface area contributed by atoms with E-state index in [9.17, 15) is 9.59 Å². The molecule has 1 aliphatic carbocycles. The van der Waals surface area contributed by atoms with E-state index in [0.29, 0.717) is 12.4 Å². The zero-order chi connectivity index (χ0) is 23.6. The number of benzene rings is 2. The van der Waals surface area contributed by atoms with Crippen molar-refractivity contribution in [2.24, 2.45) is 5.41 Å². The molecule has 1 aliphatic heterocycles. The Morgan fingerprint density at radius 2 is 1.67 bits per heavy atom. The van der Waals surface area contributed by atoms with Crippen LogP contribution < -0.4 is 20.1 Å². The van der Waals surface area contributed by atoms with E-state index >= 15 is 0 Å². The third-order valence-corrected chi connectivity index (χ3v) is 7.32. The van der Waals surface area contributed by atoms with Gasteiger partial charge in [-0.1, -0.05) is 25.1 Å². The Morgan fingerprint density at radius 1 is 1.00 bits per heavy atom. The predicted molar refractivity (Wildman–Crippen MR) is 124 cm³/mol. The number of carbonyl (C=O) groups is 2. The molecule has 3 amide bonds. The number of imide groups is 1. The van der Waals surface area contributed by atoms with Crippen LogP contribution in [-0.4, -0.2) is 32.3 Å². The van der Waals surface area contributed by atoms with E-state index in [4.69, 9.17) is 14.2 Å². The number of urea groups is 1. The second-order valence-corrected chi connectivity index (χ2v) is 9.27. The van der Waals surface area contributed by atoms with E-state index in [0.717, 1.165) is 48.1 Å². The summed E-state index contributed by atoms with van der Waals surface area (Å²) in [5.74, 6) is 1.13. The van der Waals surface area contributed by atoms with Crippen molar-refractivity contribution in [3.05, 3.63) is 59.2 Å². The highest BCUT2D eigenvalue weighted by Gasteiger charge is 2.60. The molecule has 0 aromatic heterocycles. The Balaban J connectivity index is 1.66. The third-order valence-electron chi connectivity index (χ3n) is 7.32. The van der Waals surface area contributed by atoms with E-state index in [1.54, 1.807) is 14.2 Å². The number of carbonyl (C=O) groups excluding carboxylic acids is 2. The van der Waals surface area contributed by atoms with Crippen molar-refractivity contribution in [2.75, 3.05) is 14.2 Å². The molecular weight excluding hydrogens is 420 g/mol. The Labute approximate surface area is 194 Å². The summed E-state index contributed by atoms with van der Waals surface area (Å²) in [4.78, 5) is 25.8. The number of hydrogen-bond donors (Lipinski definition) is 2. The van der Waals surface area contributed by atoms with Gasteiger partial charge in [-0.15, -0.1) is 0 Å². The van der Waals surface area contributed by atoms with Gasteiger partial charge >= 0.3 is 6.03 Å². The van der Waals surface area contributed by atoms with Crippen LogP contribution in [0.4, 0.5) is 4.79 Å². The van der Waals surface area contributed by atoms with Crippen molar-refractivity contribution in [1.82, 2.24) is 10.6 Å². The first-order valence-corrected chi connectivity index (χ1v) is 11.3. The molecule has 0 radical (unpaired) electrons. The molecule has 7 heteroatoms. The highest BCUT2D eigenvalue weighted by Crippen LogP contribution is 2.52. The van der Waals surface area contributed by atoms with Crippen LogP contribution in [0.5, 0.6) is 11.5 Å². The molecule has 1 heterocycles. The minimum atomic E-state index is -1.16. The van der Waals surface area contributed by atoms with Crippen LogP contribution in [0.2, 0.25) is 0 Å². The van der Waals surface area contributed by atoms with Crippen LogP contribution in [0.15, 0.2) is 42.5 Å². The molecule has 4 rings (SSSR count). The smallest absolute Gasteiger partial charge is 0.322 e. The number of amides is 3. The van der Waals surface area contributed by atoms with Crippen molar-refractivity contribution >= 4 is 11.9 Å². The molecule has 2 fully saturated rings. The Bertz CT molecular complexity index is 1030. The van der Waals surface area contributed by atoms with E-state index in [1.165, 1.54) is 0 Å². The average Bonchev–Trinajstić information content (AvgIpc) is 3.14. The van der Waals surface area contributed by atoms with E-state index < -0.39 is 17.0 Å². The van der Waals surface area contributed by atoms with Gasteiger partial charge in [-0.2, -0.15) is 0 Å². The lowest BCUT2D eigenvalue weighted by Crippen LogP contribution is -2.58. The van der Waals surface area contributed by atoms with Crippen LogP contribution in [0, 0.1) is 12.3 Å². The standard InChI is InChI=1S/C26H32N2O5/c1-17-5-8-21(33-16-18-6-9-19(31-3)10-7-18)15-22(17)26(23(29)27-24(30)28-26)25(2)13-11-20(32-4)12-14-25/h5-10,15,20H,11-14,16H2,1-4H3,(H2,27,28,29,30). The van der Waals surface area contributed by atoms with Crippen LogP contribution in [0.25, 0.3) is 0 Å². The lowest BCUT2D eigenvalue weighted by atomic mass is 9.59. The van der Waals surface area contributed by atoms with Crippen molar-refractivity contribution in [1.29, 1.82) is 0 Å². The molecule has 1 saturated carbocycles. The highest BCUT2D eigenvalue weighted by atomic mass is 16.5. The van der Waals surface area contributed by atoms with Crippen LogP contribution >= 0.6 is 0 Å². The molecule has 2 aromatic rings. The Kier molecular flexibility index (Phi) is 6.34. The van der Waals surface area contributed by atoms with Gasteiger partial charge in [-0.3, -0.25) is 10.1 Å². The molecule has 1 unspecified atom stereocenters. The summed E-state index contributed by atoms with van der Waals surface area (Å²) in [5.41, 5.74) is 1.09. The number of ether oxygens (including phenoxy) is 3. The van der Waals surface area contributed by atoms with Gasteiger partial charge in [-0.25, -0.2) is 4.79 Å². The topological polar surface area (TPSA) is 85.9 Å². The van der Waals surface area contributed by atoms with Gasteiger partial charge in [0.05, 0.1) is 13.2 Å². The monoisotopic (exact) mass is 452 g/mol. The first-order chi connectivity index (χ1) is 15.8. The number of hydrogen-bond acceptors (Lipinski definition) is 5. The van der Waals surface area contributed by atoms with E-state index in [-0.39, 0.29) is 12.0 Å². The fourth-order valence-corrected chi connectivity index (χ4v) is 5.22. The molecule has 1 saturated heterocycles. The fourth-order valence-electron chi connectivity index (χ4n) is 5.22. The van der Waals surface area contributed by atoms with Crippen LogP contribution in [-0.2, 0) is 21.7 Å². The summed E-state index contributed by atoms with van der Waals surface area (Å²) in [6.45, 7) is 4.44. The molecule has 7 nitrogen and oxygen atoms in total. The van der Waals surface area contributed by atoms with Gasteiger partial charge in [0.2, 0.25) is 0 Å². The van der Waals surface area contributed by atoms with Gasteiger partial charge in [-0.05, 0) is 73.6 Å². The minimum absolute atomic E-state index is 0.176. The fraction of sp³-hybridized carbons (Fsp3) is 0.462. The summed E-state index contributed by atoms with van der Waals surface area (Å²) < 4.78 is 16.8. The summed E-state index contributed by atoms with van der Waals surface area (Å²) in [7, 11) is 3.36. The molecule has 0 bridgehead atoms. The molecule has 2 aromatic carbocycles. The third kappa shape index (κ3) is 4.17. The zero-order valence-corrected chi connectivity index (χ0v) is 19.7. The largest absolute Gasteiger partial charge is 0.497 e. The molecule has 33 heavy (non-hydrogen) atoms. The van der Waals surface area contributed by atoms with Crippen molar-refractivity contribution in [2.45, 2.75) is 57.8 Å². The summed E-state index contributed by atoms with van der Waals surface area (Å²) in [5, 5.41) is 5.52. The molecule has 2 aliphatic rings. The summed E-state index contributed by atoms with van der Waals surface area (Å²) >= 11 is 0. The lowest BCUT2D eigenvalue weighted by Gasteiger charge is -2.48. The van der Waals surface area contributed by atoms with Gasteiger partial charge in [0, 0.05) is 12.5 Å². The molecule has 1 atom stereocenters. The maximum absolute atomic E-state index is 13.4. The maximum atomic E-state index is 13.4. The normalized spacial score (nSPS) is 27.1. The van der Waals surface area contributed by atoms with Gasteiger partial charge in [0.25, 0.3) is 5.91 Å². The summed E-state index contributed by atoms with van der Waals surface area (Å²) in [6.07, 6.45) is 3.37. The van der Waals surface area contributed by atoms with Gasteiger partial charge < -0.3 is 19.5 Å². The Hall–Kier alpha value is -3.06. The second kappa shape index (κ2) is 9.06. The average molecular weight is 453 g/mol. The number of rotatable bonds is 7. The van der Waals surface area contributed by atoms with Crippen LogP contribution in [0.1, 0.15) is 49.3 Å². The molecule has 176 valence electrons. The van der Waals surface area contributed by atoms with Crippen LogP contribution in [0.3, 0.4) is 0 Å². The second-order valence-electron chi connectivity index (χ2n) is 9.27. The van der Waals surface area contributed by atoms with Gasteiger partial charge in [0.1, 0.15) is 18.1 Å². The van der Waals surface area contributed by atoms with Crippen molar-refractivity contribution in [3.8, 4) is 11.5 Å². The SMILES string of the molecule is COc1ccc(COc2ccc(C)c(C3(C4(C)CCC(OC)CC4)NC(=O)NC3=O)c2)cc1. The molecule has 0 spiro atoms. The van der Waals surface area contributed by atoms with E-state index in [1.807, 2.05) is 49.4 Å². The predicted octanol–water partition coefficient (Wildman–Crippen LogP) is 4.21. The van der Waals surface area contributed by atoms with Gasteiger partial charge in [0.15, 0.2) is 5.54 Å². The first-order valence-electron chi connectivity index (χ1n) is 11.3. The molecular formula is C26H32N2O5. The number of nitrogens with one attached hydrogen (secondary N) is 2.